The van der Waals surface area contributed by atoms with Crippen LogP contribution in [0.5, 0.6) is 0 Å². The van der Waals surface area contributed by atoms with Gasteiger partial charge in [0.05, 0.1) is 122 Å². The summed E-state index contributed by atoms with van der Waals surface area (Å²) in [7, 11) is 9.23. The lowest BCUT2D eigenvalue weighted by Crippen LogP contribution is -2.53. The highest BCUT2D eigenvalue weighted by Crippen LogP contribution is 2.17. The number of hydrogen-bond acceptors (Lipinski definition) is 26. The SMILES string of the molecule is C.COC(=O)CN1CCN(CC(=O)CCCOCCOCCNC(=O)Nc2ccc(CC3CN(CC(=O)OC)CCN(CC(=O)OC)CCN(CC(=O)OC)CCN3CC(=O)OC)cc2)CCN(CC(=O)OC)CCN(CC(=O)OC)CC1. The van der Waals surface area contributed by atoms with Gasteiger partial charge in [0.25, 0.3) is 0 Å². The number of ether oxygens (including phenoxy) is 9. The molecule has 2 N–H and O–H groups in total. The second-order valence-corrected chi connectivity index (χ2v) is 19.7. The molecule has 28 heteroatoms. The van der Waals surface area contributed by atoms with Gasteiger partial charge < -0.3 is 53.3 Å². The van der Waals surface area contributed by atoms with Gasteiger partial charge >= 0.3 is 47.8 Å². The van der Waals surface area contributed by atoms with Crippen LogP contribution < -0.4 is 10.6 Å². The minimum absolute atomic E-state index is 0. The highest BCUT2D eigenvalue weighted by Gasteiger charge is 2.29. The Hall–Kier alpha value is -5.95. The molecule has 28 nitrogen and oxygen atoms in total. The zero-order chi connectivity index (χ0) is 60.1. The van der Waals surface area contributed by atoms with Crippen molar-refractivity contribution in [2.45, 2.75) is 32.7 Å². The lowest BCUT2D eigenvalue weighted by Gasteiger charge is -2.38. The zero-order valence-electron chi connectivity index (χ0n) is 49.2. The van der Waals surface area contributed by atoms with Crippen molar-refractivity contribution in [3.8, 4) is 0 Å². The zero-order valence-corrected chi connectivity index (χ0v) is 49.2. The quantitative estimate of drug-likeness (QED) is 0.0519. The number of methoxy groups -OCH3 is 7. The van der Waals surface area contributed by atoms with Crippen LogP contribution in [0.4, 0.5) is 10.5 Å². The summed E-state index contributed by atoms with van der Waals surface area (Å²) in [5.41, 5.74) is 1.41. The van der Waals surface area contributed by atoms with Gasteiger partial charge in [-0.3, -0.25) is 77.6 Å². The molecule has 0 radical (unpaired) electrons. The molecular formula is C55H94N10O18. The first-order valence-corrected chi connectivity index (χ1v) is 27.6. The molecule has 1 aromatic rings. The predicted octanol–water partition coefficient (Wildman–Crippen LogP) is -1.61. The number of ketones is 1. The number of nitrogens with zero attached hydrogens (tertiary/aromatic N) is 8. The number of carbonyl (C=O) groups is 9. The number of amides is 2. The van der Waals surface area contributed by atoms with E-state index in [9.17, 15) is 43.2 Å². The molecule has 0 spiro atoms. The van der Waals surface area contributed by atoms with Crippen LogP contribution in [0.15, 0.2) is 24.3 Å². The summed E-state index contributed by atoms with van der Waals surface area (Å²) in [5, 5.41) is 5.60. The molecule has 2 heterocycles. The van der Waals surface area contributed by atoms with E-state index in [0.717, 1.165) is 5.56 Å². The van der Waals surface area contributed by atoms with E-state index >= 15 is 0 Å². The molecular weight excluding hydrogens is 1090 g/mol. The molecule has 2 fully saturated rings. The normalized spacial score (nSPS) is 17.6. The number of urea groups is 1. The molecule has 2 amide bonds. The van der Waals surface area contributed by atoms with E-state index in [2.05, 4.69) is 10.6 Å². The fraction of sp³-hybridized carbons (Fsp3) is 0.727. The van der Waals surface area contributed by atoms with Gasteiger partial charge in [-0.05, 0) is 30.5 Å². The van der Waals surface area contributed by atoms with Crippen molar-refractivity contribution in [2.75, 3.05) is 239 Å². The van der Waals surface area contributed by atoms with Crippen molar-refractivity contribution in [1.82, 2.24) is 44.5 Å². The minimum Gasteiger partial charge on any atom is -0.468 e. The van der Waals surface area contributed by atoms with E-state index in [1.165, 1.54) is 49.8 Å². The van der Waals surface area contributed by atoms with E-state index in [1.807, 2.05) is 51.3 Å². The summed E-state index contributed by atoms with van der Waals surface area (Å²) < 4.78 is 46.1. The molecule has 1 atom stereocenters. The largest absolute Gasteiger partial charge is 0.468 e. The predicted molar refractivity (Wildman–Crippen MR) is 304 cm³/mol. The summed E-state index contributed by atoms with van der Waals surface area (Å²) in [6.45, 7) is 7.84. The third-order valence-electron chi connectivity index (χ3n) is 13.9. The van der Waals surface area contributed by atoms with Crippen LogP contribution in [0.1, 0.15) is 25.8 Å². The summed E-state index contributed by atoms with van der Waals surface area (Å²) in [5.74, 6) is -2.94. The van der Waals surface area contributed by atoms with Crippen LogP contribution >= 0.6 is 0 Å². The van der Waals surface area contributed by atoms with E-state index < -0.39 is 47.8 Å². The van der Waals surface area contributed by atoms with Crippen LogP contribution in [0.2, 0.25) is 0 Å². The molecule has 0 bridgehead atoms. The molecule has 0 aliphatic carbocycles. The fourth-order valence-corrected chi connectivity index (χ4v) is 8.96. The van der Waals surface area contributed by atoms with Crippen molar-refractivity contribution in [2.24, 2.45) is 0 Å². The molecule has 1 unspecified atom stereocenters. The minimum atomic E-state index is -0.461. The Kier molecular flexibility index (Phi) is 37.7. The molecule has 2 aliphatic rings. The third kappa shape index (κ3) is 32.1. The molecule has 0 saturated carbocycles. The van der Waals surface area contributed by atoms with Crippen molar-refractivity contribution in [1.29, 1.82) is 0 Å². The molecule has 2 saturated heterocycles. The van der Waals surface area contributed by atoms with E-state index in [1.54, 1.807) is 12.1 Å². The first kappa shape index (κ1) is 73.2. The second kappa shape index (κ2) is 42.8. The monoisotopic (exact) mass is 1180 g/mol. The Balaban J connectivity index is 0.0000235. The van der Waals surface area contributed by atoms with Crippen molar-refractivity contribution < 1.29 is 85.8 Å². The number of carbonyl (C=O) groups excluding carboxylic acids is 9. The molecule has 472 valence electrons. The number of rotatable bonds is 29. The first-order chi connectivity index (χ1) is 39.5. The molecule has 2 aliphatic heterocycles. The average molecular weight is 1180 g/mol. The number of Topliss-reactive ketones (excluding diaryl/α,β-unsaturated/α-hetero) is 1. The van der Waals surface area contributed by atoms with Crippen LogP contribution in [0, 0.1) is 0 Å². The van der Waals surface area contributed by atoms with Crippen molar-refractivity contribution in [3.05, 3.63) is 29.8 Å². The Labute approximate surface area is 489 Å². The van der Waals surface area contributed by atoms with E-state index in [-0.39, 0.29) is 104 Å². The number of anilines is 1. The summed E-state index contributed by atoms with van der Waals surface area (Å²) in [6.07, 6.45) is 1.21. The second-order valence-electron chi connectivity index (χ2n) is 19.7. The van der Waals surface area contributed by atoms with Gasteiger partial charge in [0, 0.05) is 129 Å². The van der Waals surface area contributed by atoms with Gasteiger partial charge in [-0.1, -0.05) is 19.6 Å². The van der Waals surface area contributed by atoms with E-state index in [0.29, 0.717) is 123 Å². The molecule has 83 heavy (non-hydrogen) atoms. The lowest BCUT2D eigenvalue weighted by atomic mass is 10.0. The Bertz CT molecular complexity index is 2080. The van der Waals surface area contributed by atoms with Gasteiger partial charge in [0.2, 0.25) is 0 Å². The standard InChI is InChI=1S/C54H90N10O18.CH4/c1-74-47(66)36-58-17-15-57(16-18-59(37-48(67)75-2)20-22-60(21-19-58)38-49(68)76-3)35-46(65)9-8-29-81-31-32-82-30-14-55-54(73)56-44-12-10-43(11-13-44)33-45-34-63(41-52(71)79-6)26-25-61(39-50(69)77-4)23-24-62(40-51(70)78-5)27-28-64(45)42-53(72)80-7;/h10-13,45H,8-9,14-42H2,1-7H3,(H2,55,56,73);1H4. The molecule has 1 aromatic carbocycles. The van der Waals surface area contributed by atoms with Gasteiger partial charge in [-0.2, -0.15) is 0 Å². The molecule has 3 rings (SSSR count). The highest BCUT2D eigenvalue weighted by atomic mass is 16.5. The van der Waals surface area contributed by atoms with Crippen LogP contribution in [-0.4, -0.2) is 332 Å². The number of nitrogens with one attached hydrogen (secondary N) is 2. The maximum Gasteiger partial charge on any atom is 0.319 e. The highest BCUT2D eigenvalue weighted by molar-refractivity contribution is 5.89. The number of esters is 7. The fourth-order valence-electron chi connectivity index (χ4n) is 8.96. The number of hydrogen-bond donors (Lipinski definition) is 2. The Morgan fingerprint density at radius 3 is 1.16 bits per heavy atom. The Morgan fingerprint density at radius 2 is 0.759 bits per heavy atom. The summed E-state index contributed by atoms with van der Waals surface area (Å²) in [6, 6.07) is 6.47. The van der Waals surface area contributed by atoms with Crippen molar-refractivity contribution in [3.63, 3.8) is 0 Å². The summed E-state index contributed by atoms with van der Waals surface area (Å²) >= 11 is 0. The summed E-state index contributed by atoms with van der Waals surface area (Å²) in [4.78, 5) is 129. The average Bonchev–Trinajstić information content (AvgIpc) is 3.60. The van der Waals surface area contributed by atoms with Crippen molar-refractivity contribution >= 4 is 59.3 Å². The van der Waals surface area contributed by atoms with Gasteiger partial charge in [-0.25, -0.2) is 4.79 Å². The smallest absolute Gasteiger partial charge is 0.319 e. The lowest BCUT2D eigenvalue weighted by molar-refractivity contribution is -0.145. The van der Waals surface area contributed by atoms with Gasteiger partial charge in [0.1, 0.15) is 5.78 Å². The maximum absolute atomic E-state index is 13.2. The van der Waals surface area contributed by atoms with Gasteiger partial charge in [-0.15, -0.1) is 0 Å². The Morgan fingerprint density at radius 1 is 0.422 bits per heavy atom. The maximum atomic E-state index is 13.2. The van der Waals surface area contributed by atoms with Crippen LogP contribution in [-0.2, 0) is 87.4 Å². The van der Waals surface area contributed by atoms with Crippen LogP contribution in [0.25, 0.3) is 0 Å². The van der Waals surface area contributed by atoms with E-state index in [4.69, 9.17) is 42.6 Å². The topological polar surface area (TPSA) is 287 Å². The molecule has 0 aromatic heterocycles. The third-order valence-corrected chi connectivity index (χ3v) is 13.9. The van der Waals surface area contributed by atoms with Crippen LogP contribution in [0.3, 0.4) is 0 Å². The first-order valence-electron chi connectivity index (χ1n) is 27.6. The van der Waals surface area contributed by atoms with Gasteiger partial charge in [0.15, 0.2) is 0 Å². The number of benzene rings is 1.